The van der Waals surface area contributed by atoms with E-state index >= 15 is 0 Å². The van der Waals surface area contributed by atoms with Gasteiger partial charge in [0.2, 0.25) is 0 Å². The predicted molar refractivity (Wildman–Crippen MR) is 57.2 cm³/mol. The minimum absolute atomic E-state index is 0.791. The summed E-state index contributed by atoms with van der Waals surface area (Å²) in [6.07, 6.45) is 4.09. The number of hydrogen-bond donors (Lipinski definition) is 0. The summed E-state index contributed by atoms with van der Waals surface area (Å²) in [6.45, 7) is 0.862. The fraction of sp³-hybridized carbons (Fsp3) is 0.0833. The van der Waals surface area contributed by atoms with Gasteiger partial charge in [-0.1, -0.05) is 29.8 Å². The van der Waals surface area contributed by atoms with Crippen LogP contribution < -0.4 is 4.57 Å². The lowest BCUT2D eigenvalue weighted by Crippen LogP contribution is -2.32. The maximum absolute atomic E-state index is 5.90. The van der Waals surface area contributed by atoms with Crippen LogP contribution in [0.1, 0.15) is 5.56 Å². The Balaban J connectivity index is 2.19. The number of pyridine rings is 1. The topological polar surface area (TPSA) is 3.88 Å². The second-order valence-electron chi connectivity index (χ2n) is 3.18. The van der Waals surface area contributed by atoms with Gasteiger partial charge in [0.05, 0.1) is 0 Å². The summed E-state index contributed by atoms with van der Waals surface area (Å²) in [4.78, 5) is 0. The molecule has 0 radical (unpaired) electrons. The van der Waals surface area contributed by atoms with Gasteiger partial charge in [-0.3, -0.25) is 0 Å². The Labute approximate surface area is 88.6 Å². The number of rotatable bonds is 2. The van der Waals surface area contributed by atoms with E-state index in [1.54, 1.807) is 0 Å². The van der Waals surface area contributed by atoms with E-state index in [1.807, 2.05) is 48.8 Å². The summed E-state index contributed by atoms with van der Waals surface area (Å²) in [7, 11) is 0. The van der Waals surface area contributed by atoms with Crippen molar-refractivity contribution in [2.24, 2.45) is 0 Å². The lowest BCUT2D eigenvalue weighted by atomic mass is 10.2. The van der Waals surface area contributed by atoms with Crippen LogP contribution in [0.4, 0.5) is 0 Å². The molecule has 0 atom stereocenters. The summed E-state index contributed by atoms with van der Waals surface area (Å²) < 4.78 is 2.12. The molecule has 2 aromatic rings. The maximum atomic E-state index is 5.90. The summed E-state index contributed by atoms with van der Waals surface area (Å²) >= 11 is 5.90. The third-order valence-corrected chi connectivity index (χ3v) is 2.27. The summed E-state index contributed by atoms with van der Waals surface area (Å²) in [5, 5.41) is 0.791. The van der Waals surface area contributed by atoms with E-state index in [0.29, 0.717) is 0 Å². The maximum Gasteiger partial charge on any atom is 0.173 e. The second kappa shape index (κ2) is 4.25. The highest BCUT2D eigenvalue weighted by atomic mass is 35.5. The third-order valence-electron chi connectivity index (χ3n) is 2.03. The van der Waals surface area contributed by atoms with Crippen LogP contribution in [0.25, 0.3) is 0 Å². The molecule has 2 heteroatoms. The Hall–Kier alpha value is -1.34. The van der Waals surface area contributed by atoms with Crippen molar-refractivity contribution in [2.75, 3.05) is 0 Å². The van der Waals surface area contributed by atoms with E-state index in [4.69, 9.17) is 11.6 Å². The molecule has 0 aliphatic rings. The number of halogens is 1. The predicted octanol–water partition coefficient (Wildman–Crippen LogP) is 2.68. The molecule has 1 aromatic heterocycles. The largest absolute Gasteiger partial charge is 0.201 e. The van der Waals surface area contributed by atoms with Gasteiger partial charge in [0.1, 0.15) is 0 Å². The van der Waals surface area contributed by atoms with Crippen molar-refractivity contribution in [1.29, 1.82) is 0 Å². The van der Waals surface area contributed by atoms with Crippen LogP contribution in [0.5, 0.6) is 0 Å². The molecule has 2 rings (SSSR count). The molecule has 70 valence electrons. The van der Waals surface area contributed by atoms with Gasteiger partial charge in [-0.2, -0.15) is 0 Å². The minimum Gasteiger partial charge on any atom is -0.201 e. The fourth-order valence-electron chi connectivity index (χ4n) is 1.39. The molecule has 0 aliphatic carbocycles. The monoisotopic (exact) mass is 204 g/mol. The normalized spacial score (nSPS) is 10.1. The zero-order chi connectivity index (χ0) is 9.80. The molecule has 0 unspecified atom stereocenters. The van der Waals surface area contributed by atoms with E-state index in [-0.39, 0.29) is 0 Å². The fourth-order valence-corrected chi connectivity index (χ4v) is 1.60. The van der Waals surface area contributed by atoms with Gasteiger partial charge in [-0.15, -0.1) is 0 Å². The Kier molecular flexibility index (Phi) is 2.80. The lowest BCUT2D eigenvalue weighted by Gasteiger charge is -1.97. The highest BCUT2D eigenvalue weighted by Crippen LogP contribution is 2.09. The SMILES string of the molecule is Clc1cccc(C[n+]2ccccc2)c1. The first kappa shape index (κ1) is 9.22. The number of aromatic nitrogens is 1. The first-order chi connectivity index (χ1) is 6.84. The Morgan fingerprint density at radius 1 is 1.00 bits per heavy atom. The number of hydrogen-bond acceptors (Lipinski definition) is 0. The molecule has 0 bridgehead atoms. The van der Waals surface area contributed by atoms with Gasteiger partial charge < -0.3 is 0 Å². The van der Waals surface area contributed by atoms with Crippen molar-refractivity contribution >= 4 is 11.6 Å². The minimum atomic E-state index is 0.791. The zero-order valence-electron chi connectivity index (χ0n) is 7.73. The van der Waals surface area contributed by atoms with Gasteiger partial charge in [-0.25, -0.2) is 4.57 Å². The van der Waals surface area contributed by atoms with E-state index in [0.717, 1.165) is 11.6 Å². The van der Waals surface area contributed by atoms with Crippen molar-refractivity contribution in [2.45, 2.75) is 6.54 Å². The molecule has 1 nitrogen and oxygen atoms in total. The van der Waals surface area contributed by atoms with Crippen molar-refractivity contribution in [3.8, 4) is 0 Å². The molecule has 0 N–H and O–H groups in total. The summed E-state index contributed by atoms with van der Waals surface area (Å²) in [6, 6.07) is 14.0. The zero-order valence-corrected chi connectivity index (χ0v) is 8.48. The van der Waals surface area contributed by atoms with Crippen molar-refractivity contribution in [1.82, 2.24) is 0 Å². The molecule has 1 heterocycles. The standard InChI is InChI=1S/C12H11ClN/c13-12-6-4-5-11(9-12)10-14-7-2-1-3-8-14/h1-9H,10H2/q+1. The first-order valence-electron chi connectivity index (χ1n) is 4.53. The van der Waals surface area contributed by atoms with Gasteiger partial charge in [-0.05, 0) is 12.1 Å². The lowest BCUT2D eigenvalue weighted by molar-refractivity contribution is -0.688. The van der Waals surface area contributed by atoms with Gasteiger partial charge >= 0.3 is 0 Å². The molecule has 0 fully saturated rings. The average Bonchev–Trinajstić information content (AvgIpc) is 2.19. The molecule has 0 aliphatic heterocycles. The van der Waals surface area contributed by atoms with Crippen LogP contribution in [0, 0.1) is 0 Å². The summed E-state index contributed by atoms with van der Waals surface area (Å²) in [5.74, 6) is 0. The smallest absolute Gasteiger partial charge is 0.173 e. The number of nitrogens with zero attached hydrogens (tertiary/aromatic N) is 1. The van der Waals surface area contributed by atoms with Crippen LogP contribution >= 0.6 is 11.6 Å². The van der Waals surface area contributed by atoms with E-state index in [1.165, 1.54) is 5.56 Å². The molecule has 0 saturated carbocycles. The molecule has 0 amide bonds. The van der Waals surface area contributed by atoms with Crippen LogP contribution in [0.2, 0.25) is 5.02 Å². The average molecular weight is 205 g/mol. The van der Waals surface area contributed by atoms with Gasteiger partial charge in [0.25, 0.3) is 0 Å². The molecular weight excluding hydrogens is 194 g/mol. The van der Waals surface area contributed by atoms with Crippen molar-refractivity contribution < 1.29 is 4.57 Å². The third kappa shape index (κ3) is 2.33. The molecule has 1 aromatic carbocycles. The van der Waals surface area contributed by atoms with Crippen LogP contribution in [0.15, 0.2) is 54.9 Å². The highest BCUT2D eigenvalue weighted by Gasteiger charge is 2.00. The number of benzene rings is 1. The highest BCUT2D eigenvalue weighted by molar-refractivity contribution is 6.30. The van der Waals surface area contributed by atoms with Crippen molar-refractivity contribution in [3.05, 3.63) is 65.4 Å². The Morgan fingerprint density at radius 3 is 2.50 bits per heavy atom. The first-order valence-corrected chi connectivity index (χ1v) is 4.91. The molecule has 0 saturated heterocycles. The van der Waals surface area contributed by atoms with Crippen molar-refractivity contribution in [3.63, 3.8) is 0 Å². The quantitative estimate of drug-likeness (QED) is 0.663. The second-order valence-corrected chi connectivity index (χ2v) is 3.61. The van der Waals surface area contributed by atoms with Crippen LogP contribution in [-0.4, -0.2) is 0 Å². The van der Waals surface area contributed by atoms with Crippen LogP contribution in [0.3, 0.4) is 0 Å². The van der Waals surface area contributed by atoms with Gasteiger partial charge in [0, 0.05) is 22.7 Å². The van der Waals surface area contributed by atoms with E-state index in [2.05, 4.69) is 10.6 Å². The van der Waals surface area contributed by atoms with E-state index in [9.17, 15) is 0 Å². The molecule has 14 heavy (non-hydrogen) atoms. The Bertz CT molecular complexity index is 412. The van der Waals surface area contributed by atoms with Gasteiger partial charge in [0.15, 0.2) is 18.9 Å². The Morgan fingerprint density at radius 2 is 1.79 bits per heavy atom. The van der Waals surface area contributed by atoms with Crippen LogP contribution in [-0.2, 0) is 6.54 Å². The summed E-state index contributed by atoms with van der Waals surface area (Å²) in [5.41, 5.74) is 1.22. The molecular formula is C12H11ClN+. The molecule has 0 spiro atoms. The van der Waals surface area contributed by atoms with E-state index < -0.39 is 0 Å².